The second-order valence-corrected chi connectivity index (χ2v) is 3.40. The van der Waals surface area contributed by atoms with Gasteiger partial charge in [0.2, 0.25) is 0 Å². The first-order chi connectivity index (χ1) is 5.93. The van der Waals surface area contributed by atoms with Crippen LogP contribution in [0.1, 0.15) is 61.8 Å². The van der Waals surface area contributed by atoms with Gasteiger partial charge in [0.15, 0.2) is 0 Å². The molecular formula is C15H41O3Y2-3. The van der Waals surface area contributed by atoms with E-state index >= 15 is 0 Å². The van der Waals surface area contributed by atoms with Gasteiger partial charge in [0.1, 0.15) is 0 Å². The van der Waals surface area contributed by atoms with Crippen LogP contribution in [0.15, 0.2) is 0 Å². The molecule has 0 saturated carbocycles. The van der Waals surface area contributed by atoms with Gasteiger partial charge in [-0.05, 0) is 33.1 Å². The molecule has 0 aromatic heterocycles. The molecule has 0 aromatic rings. The van der Waals surface area contributed by atoms with Crippen molar-refractivity contribution in [3.05, 3.63) is 22.3 Å². The third kappa shape index (κ3) is 71.9. The van der Waals surface area contributed by atoms with Crippen molar-refractivity contribution < 1.29 is 80.7 Å². The minimum Gasteiger partial charge on any atom is -0.393 e. The van der Waals surface area contributed by atoms with Crippen molar-refractivity contribution in [1.29, 1.82) is 0 Å². The summed E-state index contributed by atoms with van der Waals surface area (Å²) in [7, 11) is 0. The summed E-state index contributed by atoms with van der Waals surface area (Å²) < 4.78 is 0. The Bertz CT molecular complexity index is 103. The van der Waals surface area contributed by atoms with E-state index in [-0.39, 0.29) is 121 Å². The second-order valence-electron chi connectivity index (χ2n) is 3.40. The Labute approximate surface area is 181 Å². The van der Waals surface area contributed by atoms with Gasteiger partial charge < -0.3 is 37.6 Å². The average Bonchev–Trinajstić information content (AvgIpc) is 2.04. The number of rotatable bonds is 4. The maximum absolute atomic E-state index is 8.87. The molecule has 3 nitrogen and oxygen atoms in total. The largest absolute Gasteiger partial charge is 0.393 e. The quantitative estimate of drug-likeness (QED) is 0.573. The molecule has 3 atom stereocenters. The summed E-state index contributed by atoms with van der Waals surface area (Å²) in [5.41, 5.74) is 0. The van der Waals surface area contributed by atoms with Crippen molar-refractivity contribution in [2.24, 2.45) is 0 Å². The van der Waals surface area contributed by atoms with Gasteiger partial charge in [-0.25, -0.2) is 0 Å². The Balaban J connectivity index is -0.0000000134. The Kier molecular flexibility index (Phi) is 123. The van der Waals surface area contributed by atoms with Crippen LogP contribution in [0.25, 0.3) is 0 Å². The van der Waals surface area contributed by atoms with Gasteiger partial charge in [-0.2, -0.15) is 0 Å². The molecular weight excluding hydrogens is 406 g/mol. The van der Waals surface area contributed by atoms with Crippen LogP contribution in [0.5, 0.6) is 0 Å². The van der Waals surface area contributed by atoms with E-state index in [2.05, 4.69) is 0 Å². The summed E-state index contributed by atoms with van der Waals surface area (Å²) in [4.78, 5) is 0. The number of aliphatic hydroxyl groups is 3. The van der Waals surface area contributed by atoms with Crippen molar-refractivity contribution in [2.75, 3.05) is 0 Å². The predicted octanol–water partition coefficient (Wildman–Crippen LogP) is 3.92. The summed E-state index contributed by atoms with van der Waals surface area (Å²) in [5.74, 6) is 0. The molecule has 5 heteroatoms. The summed E-state index contributed by atoms with van der Waals surface area (Å²) in [6.45, 7) is 7.30. The Hall–Kier alpha value is 2.09. The van der Waals surface area contributed by atoms with Crippen molar-refractivity contribution in [2.45, 2.75) is 80.1 Å². The first-order valence-corrected chi connectivity index (χ1v) is 4.98. The van der Waals surface area contributed by atoms with Gasteiger partial charge in [0.05, 0.1) is 18.3 Å². The molecule has 0 spiro atoms. The molecule has 0 aromatic carbocycles. The molecule has 0 aliphatic carbocycles. The maximum atomic E-state index is 8.87. The second kappa shape index (κ2) is 42.9. The Morgan fingerprint density at radius 3 is 1.00 bits per heavy atom. The van der Waals surface area contributed by atoms with Gasteiger partial charge in [-0.15, -0.1) is 0 Å². The molecule has 0 heterocycles. The van der Waals surface area contributed by atoms with Crippen LogP contribution in [-0.4, -0.2) is 33.6 Å². The molecule has 2 radical (unpaired) electrons. The first-order valence-electron chi connectivity index (χ1n) is 4.98. The van der Waals surface area contributed by atoms with E-state index in [0.717, 1.165) is 12.8 Å². The molecule has 128 valence electrons. The van der Waals surface area contributed by atoms with Crippen molar-refractivity contribution >= 4 is 0 Å². The summed E-state index contributed by atoms with van der Waals surface area (Å²) in [5, 5.41) is 25.9. The number of hydrogen-bond donors (Lipinski definition) is 3. The normalized spacial score (nSPS) is 10.9. The Morgan fingerprint density at radius 1 is 0.700 bits per heavy atom. The van der Waals surface area contributed by atoms with Crippen LogP contribution in [0, 0.1) is 22.3 Å². The van der Waals surface area contributed by atoms with Crippen molar-refractivity contribution in [3.8, 4) is 0 Å². The Morgan fingerprint density at radius 2 is 0.950 bits per heavy atom. The molecule has 0 saturated heterocycles. The molecule has 3 N–H and O–H groups in total. The maximum Gasteiger partial charge on any atom is 0.0562 e. The van der Waals surface area contributed by atoms with Crippen molar-refractivity contribution in [1.82, 2.24) is 0 Å². The van der Waals surface area contributed by atoms with E-state index < -0.39 is 0 Å². The third-order valence-corrected chi connectivity index (χ3v) is 1.68. The fraction of sp³-hybridized carbons (Fsp3) is 0.800. The molecule has 20 heavy (non-hydrogen) atoms. The molecule has 0 bridgehead atoms. The topological polar surface area (TPSA) is 60.7 Å². The van der Waals surface area contributed by atoms with Crippen LogP contribution >= 0.6 is 0 Å². The van der Waals surface area contributed by atoms with Crippen molar-refractivity contribution in [3.63, 3.8) is 0 Å². The van der Waals surface area contributed by atoms with Gasteiger partial charge >= 0.3 is 0 Å². The SMILES string of the molecule is C.C.CCC(C)O.CCC(O)CC(C)O.[CH3-].[CH3-].[CH3-].[Y].[Y]. The van der Waals surface area contributed by atoms with E-state index in [1.54, 1.807) is 13.8 Å². The summed E-state index contributed by atoms with van der Waals surface area (Å²) >= 11 is 0. The standard InChI is InChI=1S/C6H14O2.C4H10O.2CH4.3CH3.2Y/c1-3-6(8)4-5(2)7;1-3-4(2)5;;;;;;;/h5-8H,3-4H2,1-2H3;4-5H,3H2,1-2H3;2*1H4;3*1H3;;/q;;;;3*-1;;. The van der Waals surface area contributed by atoms with Crippen LogP contribution in [0.4, 0.5) is 0 Å². The molecule has 0 rings (SSSR count). The van der Waals surface area contributed by atoms with Gasteiger partial charge in [-0.3, -0.25) is 0 Å². The minimum atomic E-state index is -0.370. The van der Waals surface area contributed by atoms with Gasteiger partial charge in [0, 0.05) is 65.4 Å². The summed E-state index contributed by atoms with van der Waals surface area (Å²) in [6, 6.07) is 0. The minimum absolute atomic E-state index is 0. The van der Waals surface area contributed by atoms with E-state index in [9.17, 15) is 0 Å². The summed E-state index contributed by atoms with van der Waals surface area (Å²) in [6.07, 6.45) is 1.27. The van der Waals surface area contributed by atoms with Crippen LogP contribution in [0.3, 0.4) is 0 Å². The molecule has 0 fully saturated rings. The van der Waals surface area contributed by atoms with Crippen LogP contribution in [0.2, 0.25) is 0 Å². The molecule has 0 aliphatic heterocycles. The zero-order valence-corrected chi connectivity index (χ0v) is 19.0. The van der Waals surface area contributed by atoms with E-state index in [0.29, 0.717) is 6.42 Å². The van der Waals surface area contributed by atoms with Crippen LogP contribution < -0.4 is 0 Å². The number of hydrogen-bond acceptors (Lipinski definition) is 3. The monoisotopic (exact) mass is 447 g/mol. The van der Waals surface area contributed by atoms with Gasteiger partial charge in [0.25, 0.3) is 0 Å². The molecule has 0 amide bonds. The zero-order chi connectivity index (χ0) is 10.9. The van der Waals surface area contributed by atoms with Gasteiger partial charge in [-0.1, -0.05) is 28.7 Å². The smallest absolute Gasteiger partial charge is 0.0562 e. The third-order valence-electron chi connectivity index (χ3n) is 1.68. The fourth-order valence-electron chi connectivity index (χ4n) is 0.560. The zero-order valence-electron chi connectivity index (χ0n) is 13.3. The van der Waals surface area contributed by atoms with E-state index in [1.807, 2.05) is 13.8 Å². The average molecular weight is 447 g/mol. The number of aliphatic hydroxyl groups excluding tert-OH is 3. The van der Waals surface area contributed by atoms with E-state index in [1.165, 1.54) is 0 Å². The fourth-order valence-corrected chi connectivity index (χ4v) is 0.560. The first kappa shape index (κ1) is 57.3. The predicted molar refractivity (Wildman–Crippen MR) is 87.3 cm³/mol. The van der Waals surface area contributed by atoms with Crippen LogP contribution in [-0.2, 0) is 65.4 Å². The molecule has 0 aliphatic rings. The molecule has 3 unspecified atom stereocenters. The van der Waals surface area contributed by atoms with E-state index in [4.69, 9.17) is 15.3 Å².